The average molecular weight is 363 g/mol. The number of furan rings is 1. The standard InChI is InChI=1S/C18H16F3N3O2/c19-18(20,21)15-4-1-3-13(9-15)10-17(25)22-6-7-24-12-14(11-23-24)16-5-2-8-26-16/h1-5,8-9,11-12H,6-7,10H2,(H,22,25). The largest absolute Gasteiger partial charge is 0.464 e. The smallest absolute Gasteiger partial charge is 0.416 e. The molecule has 0 spiro atoms. The number of carbonyl (C=O) groups is 1. The van der Waals surface area contributed by atoms with Gasteiger partial charge in [0.05, 0.1) is 36.6 Å². The summed E-state index contributed by atoms with van der Waals surface area (Å²) in [7, 11) is 0. The van der Waals surface area contributed by atoms with Crippen LogP contribution in [0.25, 0.3) is 11.3 Å². The van der Waals surface area contributed by atoms with Crippen molar-refractivity contribution >= 4 is 5.91 Å². The molecule has 0 aliphatic rings. The lowest BCUT2D eigenvalue weighted by Crippen LogP contribution is -2.28. The van der Waals surface area contributed by atoms with Gasteiger partial charge in [-0.2, -0.15) is 18.3 Å². The number of halogens is 3. The Bertz CT molecular complexity index is 870. The van der Waals surface area contributed by atoms with Crippen LogP contribution in [-0.4, -0.2) is 22.2 Å². The molecule has 1 aromatic carbocycles. The number of hydrogen-bond acceptors (Lipinski definition) is 3. The predicted octanol–water partition coefficient (Wildman–Crippen LogP) is 3.52. The number of benzene rings is 1. The molecule has 26 heavy (non-hydrogen) atoms. The fourth-order valence-corrected chi connectivity index (χ4v) is 2.47. The molecule has 0 unspecified atom stereocenters. The van der Waals surface area contributed by atoms with Crippen molar-refractivity contribution in [2.45, 2.75) is 19.1 Å². The summed E-state index contributed by atoms with van der Waals surface area (Å²) in [6.45, 7) is 0.756. The Morgan fingerprint density at radius 1 is 1.23 bits per heavy atom. The summed E-state index contributed by atoms with van der Waals surface area (Å²) in [6.07, 6.45) is 0.487. The molecular formula is C18H16F3N3O2. The minimum atomic E-state index is -4.42. The third-order valence-corrected chi connectivity index (χ3v) is 3.72. The maximum atomic E-state index is 12.7. The Morgan fingerprint density at radius 2 is 2.08 bits per heavy atom. The van der Waals surface area contributed by atoms with Crippen LogP contribution in [0.4, 0.5) is 13.2 Å². The highest BCUT2D eigenvalue weighted by Crippen LogP contribution is 2.29. The zero-order valence-electron chi connectivity index (χ0n) is 13.7. The number of nitrogens with one attached hydrogen (secondary N) is 1. The van der Waals surface area contributed by atoms with Gasteiger partial charge in [0.15, 0.2) is 0 Å². The lowest BCUT2D eigenvalue weighted by molar-refractivity contribution is -0.137. The SMILES string of the molecule is O=C(Cc1cccc(C(F)(F)F)c1)NCCn1cc(-c2ccco2)cn1. The van der Waals surface area contributed by atoms with Crippen molar-refractivity contribution < 1.29 is 22.4 Å². The van der Waals surface area contributed by atoms with E-state index in [1.54, 1.807) is 29.4 Å². The Balaban J connectivity index is 1.49. The van der Waals surface area contributed by atoms with Crippen molar-refractivity contribution in [2.24, 2.45) is 0 Å². The normalized spacial score (nSPS) is 11.5. The Labute approximate surface area is 147 Å². The van der Waals surface area contributed by atoms with E-state index in [9.17, 15) is 18.0 Å². The van der Waals surface area contributed by atoms with Gasteiger partial charge < -0.3 is 9.73 Å². The van der Waals surface area contributed by atoms with E-state index in [0.717, 1.165) is 17.7 Å². The molecule has 0 radical (unpaired) electrons. The number of carbonyl (C=O) groups excluding carboxylic acids is 1. The van der Waals surface area contributed by atoms with Crippen molar-refractivity contribution in [1.29, 1.82) is 0 Å². The minimum absolute atomic E-state index is 0.110. The maximum absolute atomic E-state index is 12.7. The van der Waals surface area contributed by atoms with E-state index in [1.165, 1.54) is 12.1 Å². The van der Waals surface area contributed by atoms with Gasteiger partial charge >= 0.3 is 6.18 Å². The van der Waals surface area contributed by atoms with Crippen molar-refractivity contribution in [3.05, 3.63) is 66.2 Å². The molecule has 0 atom stereocenters. The highest BCUT2D eigenvalue weighted by atomic mass is 19.4. The molecule has 0 aliphatic carbocycles. The average Bonchev–Trinajstić information content (AvgIpc) is 3.25. The third kappa shape index (κ3) is 4.53. The Hall–Kier alpha value is -3.03. The van der Waals surface area contributed by atoms with E-state index in [2.05, 4.69) is 10.4 Å². The van der Waals surface area contributed by atoms with Crippen molar-refractivity contribution in [1.82, 2.24) is 15.1 Å². The number of rotatable bonds is 6. The van der Waals surface area contributed by atoms with Crippen LogP contribution in [0.15, 0.2) is 59.5 Å². The first-order valence-electron chi connectivity index (χ1n) is 7.91. The second-order valence-corrected chi connectivity index (χ2v) is 5.69. The maximum Gasteiger partial charge on any atom is 0.416 e. The van der Waals surface area contributed by atoms with Gasteiger partial charge in [-0.3, -0.25) is 9.48 Å². The van der Waals surface area contributed by atoms with Crippen molar-refractivity contribution in [3.63, 3.8) is 0 Å². The van der Waals surface area contributed by atoms with Gasteiger partial charge in [-0.15, -0.1) is 0 Å². The fourth-order valence-electron chi connectivity index (χ4n) is 2.47. The van der Waals surface area contributed by atoms with Gasteiger partial charge in [-0.05, 0) is 23.8 Å². The van der Waals surface area contributed by atoms with Crippen molar-refractivity contribution in [3.8, 4) is 11.3 Å². The van der Waals surface area contributed by atoms with Gasteiger partial charge in [0.2, 0.25) is 5.91 Å². The number of nitrogens with zero attached hydrogens (tertiary/aromatic N) is 2. The zero-order chi connectivity index (χ0) is 18.6. The molecule has 3 rings (SSSR count). The quantitative estimate of drug-likeness (QED) is 0.729. The second-order valence-electron chi connectivity index (χ2n) is 5.69. The summed E-state index contributed by atoms with van der Waals surface area (Å²) in [5.41, 5.74) is 0.381. The summed E-state index contributed by atoms with van der Waals surface area (Å²) in [4.78, 5) is 11.9. The molecule has 5 nitrogen and oxygen atoms in total. The second kappa shape index (κ2) is 7.47. The van der Waals surface area contributed by atoms with Crippen LogP contribution in [0, 0.1) is 0 Å². The van der Waals surface area contributed by atoms with Crippen molar-refractivity contribution in [2.75, 3.05) is 6.54 Å². The molecule has 0 aliphatic heterocycles. The molecular weight excluding hydrogens is 347 g/mol. The van der Waals surface area contributed by atoms with E-state index in [1.807, 2.05) is 6.07 Å². The molecule has 1 N–H and O–H groups in total. The molecule has 2 aromatic heterocycles. The molecule has 3 aromatic rings. The fraction of sp³-hybridized carbons (Fsp3) is 0.222. The van der Waals surface area contributed by atoms with Crippen LogP contribution in [0.5, 0.6) is 0 Å². The van der Waals surface area contributed by atoms with Gasteiger partial charge in [-0.1, -0.05) is 18.2 Å². The monoisotopic (exact) mass is 363 g/mol. The van der Waals surface area contributed by atoms with Crippen LogP contribution in [0.2, 0.25) is 0 Å². The molecule has 136 valence electrons. The first kappa shape index (κ1) is 17.8. The highest BCUT2D eigenvalue weighted by Gasteiger charge is 2.30. The molecule has 0 fully saturated rings. The van der Waals surface area contributed by atoms with Crippen LogP contribution < -0.4 is 5.32 Å². The number of aromatic nitrogens is 2. The summed E-state index contributed by atoms with van der Waals surface area (Å²) in [5.74, 6) is 0.354. The van der Waals surface area contributed by atoms with E-state index in [-0.39, 0.29) is 12.3 Å². The van der Waals surface area contributed by atoms with Crippen LogP contribution in [0.3, 0.4) is 0 Å². The molecule has 0 saturated carbocycles. The molecule has 8 heteroatoms. The van der Waals surface area contributed by atoms with Crippen LogP contribution in [-0.2, 0) is 23.9 Å². The Kier molecular flexibility index (Phi) is 5.11. The highest BCUT2D eigenvalue weighted by molar-refractivity contribution is 5.78. The number of alkyl halides is 3. The Morgan fingerprint density at radius 3 is 2.81 bits per heavy atom. The summed E-state index contributed by atoms with van der Waals surface area (Å²) >= 11 is 0. The van der Waals surface area contributed by atoms with E-state index < -0.39 is 11.7 Å². The number of hydrogen-bond donors (Lipinski definition) is 1. The zero-order valence-corrected chi connectivity index (χ0v) is 13.7. The first-order chi connectivity index (χ1) is 12.4. The van der Waals surface area contributed by atoms with Gasteiger partial charge in [0.1, 0.15) is 5.76 Å². The molecule has 1 amide bonds. The molecule has 0 saturated heterocycles. The van der Waals surface area contributed by atoms with E-state index in [0.29, 0.717) is 24.4 Å². The van der Waals surface area contributed by atoms with E-state index >= 15 is 0 Å². The summed E-state index contributed by atoms with van der Waals surface area (Å²) < 4.78 is 45.0. The van der Waals surface area contributed by atoms with E-state index in [4.69, 9.17) is 4.42 Å². The van der Waals surface area contributed by atoms with Gasteiger partial charge in [0.25, 0.3) is 0 Å². The minimum Gasteiger partial charge on any atom is -0.464 e. The first-order valence-corrected chi connectivity index (χ1v) is 7.91. The molecule has 2 heterocycles. The number of amides is 1. The van der Waals surface area contributed by atoms with Gasteiger partial charge in [0, 0.05) is 12.7 Å². The summed E-state index contributed by atoms with van der Waals surface area (Å²) in [6, 6.07) is 8.36. The lowest BCUT2D eigenvalue weighted by atomic mass is 10.1. The predicted molar refractivity (Wildman–Crippen MR) is 88.1 cm³/mol. The lowest BCUT2D eigenvalue weighted by Gasteiger charge is -2.09. The summed E-state index contributed by atoms with van der Waals surface area (Å²) in [5, 5.41) is 6.85. The third-order valence-electron chi connectivity index (χ3n) is 3.72. The van der Waals surface area contributed by atoms with Crippen LogP contribution in [0.1, 0.15) is 11.1 Å². The van der Waals surface area contributed by atoms with Crippen LogP contribution >= 0.6 is 0 Å². The molecule has 0 bridgehead atoms. The van der Waals surface area contributed by atoms with Gasteiger partial charge in [-0.25, -0.2) is 0 Å². The topological polar surface area (TPSA) is 60.1 Å².